The van der Waals surface area contributed by atoms with E-state index < -0.39 is 0 Å². The van der Waals surface area contributed by atoms with Crippen LogP contribution in [0.2, 0.25) is 0 Å². The summed E-state index contributed by atoms with van der Waals surface area (Å²) in [6.45, 7) is 6.65. The highest BCUT2D eigenvalue weighted by Gasteiger charge is 2.27. The minimum atomic E-state index is -0.106. The second kappa shape index (κ2) is 4.45. The van der Waals surface area contributed by atoms with Crippen molar-refractivity contribution in [2.45, 2.75) is 65.4 Å². The smallest absolute Gasteiger partial charge is 0.0512 e. The van der Waals surface area contributed by atoms with Crippen molar-refractivity contribution in [1.82, 2.24) is 0 Å². The first-order chi connectivity index (χ1) is 5.99. The molecule has 1 saturated carbocycles. The van der Waals surface area contributed by atoms with Crippen molar-refractivity contribution >= 4 is 0 Å². The van der Waals surface area contributed by atoms with Crippen molar-refractivity contribution in [2.75, 3.05) is 0 Å². The first kappa shape index (κ1) is 11.0. The molecule has 1 aliphatic carbocycles. The van der Waals surface area contributed by atoms with Gasteiger partial charge in [0.05, 0.1) is 6.10 Å². The Labute approximate surface area is 82.5 Å². The van der Waals surface area contributed by atoms with Crippen molar-refractivity contribution < 1.29 is 5.11 Å². The summed E-state index contributed by atoms with van der Waals surface area (Å²) in [6.07, 6.45) is 7.62. The van der Waals surface area contributed by atoms with Crippen molar-refractivity contribution in [1.29, 1.82) is 0 Å². The highest BCUT2D eigenvalue weighted by Crippen LogP contribution is 2.40. The van der Waals surface area contributed by atoms with Crippen LogP contribution in [0.4, 0.5) is 0 Å². The molecule has 1 fully saturated rings. The summed E-state index contributed by atoms with van der Waals surface area (Å²) in [7, 11) is 0. The highest BCUT2D eigenvalue weighted by atomic mass is 16.3. The Morgan fingerprint density at radius 3 is 2.69 bits per heavy atom. The molecule has 0 aliphatic heterocycles. The van der Waals surface area contributed by atoms with Crippen LogP contribution in [0.3, 0.4) is 0 Å². The van der Waals surface area contributed by atoms with E-state index in [-0.39, 0.29) is 6.10 Å². The average molecular weight is 184 g/mol. The zero-order chi connectivity index (χ0) is 9.90. The fourth-order valence-electron chi connectivity index (χ4n) is 2.58. The van der Waals surface area contributed by atoms with Gasteiger partial charge in [0, 0.05) is 0 Å². The molecule has 13 heavy (non-hydrogen) atoms. The zero-order valence-corrected chi connectivity index (χ0v) is 9.34. The van der Waals surface area contributed by atoms with Crippen molar-refractivity contribution in [3.63, 3.8) is 0 Å². The Balaban J connectivity index is 2.26. The number of aliphatic hydroxyl groups excluding tert-OH is 1. The molecule has 2 atom stereocenters. The second-order valence-corrected chi connectivity index (χ2v) is 5.55. The Hall–Kier alpha value is -0.0400. The Morgan fingerprint density at radius 1 is 1.46 bits per heavy atom. The molecule has 0 bridgehead atoms. The van der Waals surface area contributed by atoms with E-state index in [9.17, 15) is 5.11 Å². The van der Waals surface area contributed by atoms with Gasteiger partial charge < -0.3 is 5.11 Å². The normalized spacial score (nSPS) is 30.0. The largest absolute Gasteiger partial charge is 0.393 e. The monoisotopic (exact) mass is 184 g/mol. The molecule has 1 rings (SSSR count). The predicted molar refractivity (Wildman–Crippen MR) is 56.7 cm³/mol. The van der Waals surface area contributed by atoms with Gasteiger partial charge in [-0.3, -0.25) is 0 Å². The van der Waals surface area contributed by atoms with Crippen molar-refractivity contribution in [2.24, 2.45) is 11.3 Å². The summed E-state index contributed by atoms with van der Waals surface area (Å²) in [5, 5.41) is 9.21. The molecule has 0 spiro atoms. The minimum absolute atomic E-state index is 0.106. The van der Waals surface area contributed by atoms with Gasteiger partial charge in [-0.05, 0) is 43.9 Å². The third-order valence-electron chi connectivity index (χ3n) is 3.30. The molecule has 0 aromatic carbocycles. The third-order valence-corrected chi connectivity index (χ3v) is 3.30. The van der Waals surface area contributed by atoms with Gasteiger partial charge in [-0.2, -0.15) is 0 Å². The maximum Gasteiger partial charge on any atom is 0.0512 e. The molecular formula is C12H24O. The predicted octanol–water partition coefficient (Wildman–Crippen LogP) is 3.36. The fourth-order valence-corrected chi connectivity index (χ4v) is 2.58. The van der Waals surface area contributed by atoms with Crippen molar-refractivity contribution in [3.8, 4) is 0 Å². The molecule has 1 N–H and O–H groups in total. The summed E-state index contributed by atoms with van der Waals surface area (Å²) in [5.41, 5.74) is 0.557. The summed E-state index contributed by atoms with van der Waals surface area (Å²) >= 11 is 0. The summed E-state index contributed by atoms with van der Waals surface area (Å²) in [5.74, 6) is 0.873. The van der Waals surface area contributed by atoms with Crippen LogP contribution in [0.15, 0.2) is 0 Å². The molecule has 78 valence electrons. The number of hydrogen-bond donors (Lipinski definition) is 1. The van der Waals surface area contributed by atoms with E-state index in [0.717, 1.165) is 12.3 Å². The Kier molecular flexibility index (Phi) is 3.78. The highest BCUT2D eigenvalue weighted by molar-refractivity contribution is 4.79. The van der Waals surface area contributed by atoms with E-state index >= 15 is 0 Å². The van der Waals surface area contributed by atoms with Crippen LogP contribution >= 0.6 is 0 Å². The van der Waals surface area contributed by atoms with E-state index in [0.29, 0.717) is 5.41 Å². The van der Waals surface area contributed by atoms with E-state index in [1.165, 1.54) is 32.1 Å². The van der Waals surface area contributed by atoms with Crippen LogP contribution < -0.4 is 0 Å². The van der Waals surface area contributed by atoms with Crippen LogP contribution in [0, 0.1) is 11.3 Å². The molecule has 1 nitrogen and oxygen atoms in total. The summed E-state index contributed by atoms with van der Waals surface area (Å²) in [6, 6.07) is 0. The lowest BCUT2D eigenvalue weighted by atomic mass is 9.71. The lowest BCUT2D eigenvalue weighted by molar-refractivity contribution is 0.136. The van der Waals surface area contributed by atoms with Crippen LogP contribution in [0.5, 0.6) is 0 Å². The molecule has 1 aliphatic rings. The first-order valence-electron chi connectivity index (χ1n) is 5.68. The van der Waals surface area contributed by atoms with E-state index in [2.05, 4.69) is 13.8 Å². The van der Waals surface area contributed by atoms with Crippen LogP contribution in [-0.2, 0) is 0 Å². The van der Waals surface area contributed by atoms with Gasteiger partial charge in [0.1, 0.15) is 0 Å². The van der Waals surface area contributed by atoms with Gasteiger partial charge in [-0.15, -0.1) is 0 Å². The zero-order valence-electron chi connectivity index (χ0n) is 9.34. The van der Waals surface area contributed by atoms with E-state index in [4.69, 9.17) is 0 Å². The summed E-state index contributed by atoms with van der Waals surface area (Å²) < 4.78 is 0. The lowest BCUT2D eigenvalue weighted by Gasteiger charge is -2.35. The molecular weight excluding hydrogens is 160 g/mol. The SMILES string of the molecule is C[C@@H](O)CCC1CCCC(C)(C)C1. The standard InChI is InChI=1S/C12H24O/c1-10(13)6-7-11-5-4-8-12(2,3)9-11/h10-11,13H,4-9H2,1-3H3/t10-,11?/m1/s1. The maximum absolute atomic E-state index is 9.21. The number of rotatable bonds is 3. The minimum Gasteiger partial charge on any atom is -0.393 e. The van der Waals surface area contributed by atoms with Gasteiger partial charge in [-0.1, -0.05) is 26.7 Å². The average Bonchev–Trinajstić information content (AvgIpc) is 1.99. The molecule has 0 saturated heterocycles. The van der Waals surface area contributed by atoms with Gasteiger partial charge in [-0.25, -0.2) is 0 Å². The van der Waals surface area contributed by atoms with Gasteiger partial charge >= 0.3 is 0 Å². The Morgan fingerprint density at radius 2 is 2.15 bits per heavy atom. The second-order valence-electron chi connectivity index (χ2n) is 5.55. The van der Waals surface area contributed by atoms with Gasteiger partial charge in [0.15, 0.2) is 0 Å². The molecule has 0 aromatic rings. The van der Waals surface area contributed by atoms with Crippen molar-refractivity contribution in [3.05, 3.63) is 0 Å². The van der Waals surface area contributed by atoms with E-state index in [1.807, 2.05) is 6.92 Å². The fraction of sp³-hybridized carbons (Fsp3) is 1.00. The summed E-state index contributed by atoms with van der Waals surface area (Å²) in [4.78, 5) is 0. The van der Waals surface area contributed by atoms with Crippen LogP contribution in [-0.4, -0.2) is 11.2 Å². The topological polar surface area (TPSA) is 20.2 Å². The van der Waals surface area contributed by atoms with E-state index in [1.54, 1.807) is 0 Å². The lowest BCUT2D eigenvalue weighted by Crippen LogP contribution is -2.23. The molecule has 0 aromatic heterocycles. The molecule has 1 heteroatoms. The quantitative estimate of drug-likeness (QED) is 0.713. The molecule has 0 radical (unpaired) electrons. The molecule has 0 amide bonds. The maximum atomic E-state index is 9.21. The third kappa shape index (κ3) is 4.12. The number of hydrogen-bond acceptors (Lipinski definition) is 1. The molecule has 0 heterocycles. The van der Waals surface area contributed by atoms with Gasteiger partial charge in [0.2, 0.25) is 0 Å². The first-order valence-corrected chi connectivity index (χ1v) is 5.68. The molecule has 1 unspecified atom stereocenters. The number of aliphatic hydroxyl groups is 1. The van der Waals surface area contributed by atoms with Crippen LogP contribution in [0.1, 0.15) is 59.3 Å². The Bertz CT molecular complexity index is 149. The van der Waals surface area contributed by atoms with Gasteiger partial charge in [0.25, 0.3) is 0 Å². The van der Waals surface area contributed by atoms with Crippen LogP contribution in [0.25, 0.3) is 0 Å².